The molecule has 7 heavy (non-hydrogen) atoms. The van der Waals surface area contributed by atoms with E-state index in [0.29, 0.717) is 0 Å². The Morgan fingerprint density at radius 2 is 1.86 bits per heavy atom. The molecule has 0 aromatic heterocycles. The summed E-state index contributed by atoms with van der Waals surface area (Å²) in [6, 6.07) is 0. The van der Waals surface area contributed by atoms with Crippen LogP contribution in [0.2, 0.25) is 0 Å². The molecule has 0 atom stereocenters. The van der Waals surface area contributed by atoms with E-state index >= 15 is 0 Å². The molecule has 40 valence electrons. The van der Waals surface area contributed by atoms with Gasteiger partial charge in [-0.05, 0) is 0 Å². The fourth-order valence-corrected chi connectivity index (χ4v) is 2.23. The number of thiol groups is 1. The third kappa shape index (κ3) is 0.377. The quantitative estimate of drug-likeness (QED) is 0.397. The van der Waals surface area contributed by atoms with Crippen LogP contribution in [0, 0.1) is 0 Å². The molecule has 3 saturated heterocycles. The highest BCUT2D eigenvalue weighted by Gasteiger charge is 2.73. The molecule has 0 unspecified atom stereocenters. The van der Waals surface area contributed by atoms with E-state index < -0.39 is 13.1 Å². The van der Waals surface area contributed by atoms with Gasteiger partial charge in [0.05, 0.1) is 0 Å². The third-order valence-corrected chi connectivity index (χ3v) is 2.78. The van der Waals surface area contributed by atoms with Crippen molar-refractivity contribution in [2.24, 2.45) is 0 Å². The zero-order valence-electron chi connectivity index (χ0n) is 3.03. The van der Waals surface area contributed by atoms with Crippen molar-refractivity contribution in [3.05, 3.63) is 0 Å². The predicted octanol–water partition coefficient (Wildman–Crippen LogP) is 0.713. The second-order valence-corrected chi connectivity index (χ2v) is 3.23. The second-order valence-electron chi connectivity index (χ2n) is 1.24. The number of hydrogen-bond donors (Lipinski definition) is 1. The molecule has 0 aromatic rings. The SMILES string of the molecule is O=P12OC(S)(O1)O2. The van der Waals surface area contributed by atoms with Gasteiger partial charge in [-0.3, -0.25) is 0 Å². The van der Waals surface area contributed by atoms with Crippen molar-refractivity contribution in [1.29, 1.82) is 0 Å². The lowest BCUT2D eigenvalue weighted by Gasteiger charge is -2.51. The maximum atomic E-state index is 10.2. The Labute approximate surface area is 44.8 Å². The molecule has 0 radical (unpaired) electrons. The summed E-state index contributed by atoms with van der Waals surface area (Å²) >= 11 is 3.62. The molecule has 3 aliphatic rings. The standard InChI is InChI=1S/CHO4PS/c2-6-3-1(7,4-6)5-6/h7H. The van der Waals surface area contributed by atoms with Crippen molar-refractivity contribution in [3.63, 3.8) is 0 Å². The zero-order valence-corrected chi connectivity index (χ0v) is 4.82. The number of phosphoric ester groups is 1. The predicted molar refractivity (Wildman–Crippen MR) is 22.6 cm³/mol. The Balaban J connectivity index is 2.31. The minimum Gasteiger partial charge on any atom is -0.227 e. The van der Waals surface area contributed by atoms with Crippen molar-refractivity contribution < 1.29 is 18.1 Å². The summed E-state index contributed by atoms with van der Waals surface area (Å²) in [5, 5.41) is -1.24. The first-order valence-corrected chi connectivity index (χ1v) is 3.47. The molecule has 0 aromatic carbocycles. The van der Waals surface area contributed by atoms with Gasteiger partial charge in [-0.15, -0.1) is 0 Å². The van der Waals surface area contributed by atoms with Crippen molar-refractivity contribution in [2.75, 3.05) is 0 Å². The summed E-state index contributed by atoms with van der Waals surface area (Å²) < 4.78 is 23.4. The van der Waals surface area contributed by atoms with E-state index in [1.807, 2.05) is 0 Å². The molecule has 3 rings (SSSR count). The van der Waals surface area contributed by atoms with Crippen LogP contribution in [0.25, 0.3) is 0 Å². The van der Waals surface area contributed by atoms with Crippen LogP contribution in [-0.2, 0) is 18.1 Å². The summed E-state index contributed by atoms with van der Waals surface area (Å²) in [5.74, 6) is 0. The average Bonchev–Trinajstić information content (AvgIpc) is 1.27. The average molecular weight is 140 g/mol. The lowest BCUT2D eigenvalue weighted by atomic mass is 11.3. The van der Waals surface area contributed by atoms with Gasteiger partial charge in [0.15, 0.2) is 0 Å². The molecule has 3 fully saturated rings. The van der Waals surface area contributed by atoms with Gasteiger partial charge in [-0.2, -0.15) is 0 Å². The van der Waals surface area contributed by atoms with Gasteiger partial charge in [0, 0.05) is 0 Å². The van der Waals surface area contributed by atoms with E-state index in [2.05, 4.69) is 26.2 Å². The number of hydrogen-bond acceptors (Lipinski definition) is 5. The molecule has 3 aliphatic heterocycles. The number of phosphoric acid groups is 1. The summed E-state index contributed by atoms with van der Waals surface area (Å²) in [6.07, 6.45) is 0. The van der Waals surface area contributed by atoms with Gasteiger partial charge in [0.25, 0.3) is 0 Å². The second kappa shape index (κ2) is 0.806. The topological polar surface area (TPSA) is 44.8 Å². The van der Waals surface area contributed by atoms with E-state index in [-0.39, 0.29) is 0 Å². The highest BCUT2D eigenvalue weighted by molar-refractivity contribution is 7.83. The maximum Gasteiger partial charge on any atom is 0.490 e. The lowest BCUT2D eigenvalue weighted by molar-refractivity contribution is -0.363. The lowest BCUT2D eigenvalue weighted by Crippen LogP contribution is -2.52. The van der Waals surface area contributed by atoms with Gasteiger partial charge in [0.1, 0.15) is 0 Å². The molecule has 0 saturated carbocycles. The first-order valence-electron chi connectivity index (χ1n) is 1.57. The Morgan fingerprint density at radius 3 is 1.86 bits per heavy atom. The molecule has 0 amide bonds. The first kappa shape index (κ1) is 4.35. The Morgan fingerprint density at radius 1 is 1.43 bits per heavy atom. The fraction of sp³-hybridized carbons (Fsp3) is 1.00. The molecule has 6 heteroatoms. The summed E-state index contributed by atoms with van der Waals surface area (Å²) in [7, 11) is -2.96. The molecular weight excluding hydrogens is 139 g/mol. The summed E-state index contributed by atoms with van der Waals surface area (Å²) in [5.41, 5.74) is 0. The van der Waals surface area contributed by atoms with E-state index in [1.165, 1.54) is 0 Å². The molecule has 0 spiro atoms. The molecule has 4 nitrogen and oxygen atoms in total. The molecule has 0 N–H and O–H groups in total. The minimum absolute atomic E-state index is 1.24. The van der Waals surface area contributed by atoms with Crippen LogP contribution < -0.4 is 0 Å². The van der Waals surface area contributed by atoms with Gasteiger partial charge >= 0.3 is 13.1 Å². The van der Waals surface area contributed by atoms with Crippen LogP contribution in [0.3, 0.4) is 0 Å². The summed E-state index contributed by atoms with van der Waals surface area (Å²) in [4.78, 5) is 0. The fourth-order valence-electron chi connectivity index (χ4n) is 0.444. The van der Waals surface area contributed by atoms with Crippen LogP contribution in [0.15, 0.2) is 0 Å². The normalized spacial score (nSPS) is 65.9. The Bertz CT molecular complexity index is 139. The molecule has 2 bridgehead atoms. The van der Waals surface area contributed by atoms with Crippen LogP contribution in [0.4, 0.5) is 0 Å². The van der Waals surface area contributed by atoms with Gasteiger partial charge < -0.3 is 0 Å². The van der Waals surface area contributed by atoms with Gasteiger partial charge in [0.2, 0.25) is 0 Å². The van der Waals surface area contributed by atoms with Crippen LogP contribution in [0.1, 0.15) is 0 Å². The Kier molecular flexibility index (Phi) is 0.501. The minimum atomic E-state index is -2.96. The largest absolute Gasteiger partial charge is 0.490 e. The van der Waals surface area contributed by atoms with Gasteiger partial charge in [-0.1, -0.05) is 12.6 Å². The zero-order chi connectivity index (χ0) is 5.12. The maximum absolute atomic E-state index is 10.2. The highest BCUT2D eigenvalue weighted by atomic mass is 32.1. The number of rotatable bonds is 0. The third-order valence-electron chi connectivity index (χ3n) is 0.681. The van der Waals surface area contributed by atoms with Crippen molar-refractivity contribution in [3.8, 4) is 0 Å². The smallest absolute Gasteiger partial charge is 0.227 e. The van der Waals surface area contributed by atoms with Crippen LogP contribution in [0.5, 0.6) is 0 Å². The van der Waals surface area contributed by atoms with E-state index in [4.69, 9.17) is 0 Å². The van der Waals surface area contributed by atoms with Crippen LogP contribution in [-0.4, -0.2) is 5.31 Å². The first-order chi connectivity index (χ1) is 3.12. The molecular formula is CHO4PS. The molecule has 0 aliphatic carbocycles. The van der Waals surface area contributed by atoms with Crippen LogP contribution >= 0.6 is 20.5 Å². The molecule has 3 heterocycles. The van der Waals surface area contributed by atoms with Crippen molar-refractivity contribution in [1.82, 2.24) is 0 Å². The van der Waals surface area contributed by atoms with Gasteiger partial charge in [-0.25, -0.2) is 18.1 Å². The van der Waals surface area contributed by atoms with E-state index in [0.717, 1.165) is 0 Å². The summed E-state index contributed by atoms with van der Waals surface area (Å²) in [6.45, 7) is 0. The Hall–Kier alpha value is 0.460. The van der Waals surface area contributed by atoms with Crippen molar-refractivity contribution >= 4 is 20.5 Å². The monoisotopic (exact) mass is 140 g/mol. The van der Waals surface area contributed by atoms with Crippen molar-refractivity contribution in [2.45, 2.75) is 5.31 Å². The highest BCUT2D eigenvalue weighted by Crippen LogP contribution is 2.81. The van der Waals surface area contributed by atoms with E-state index in [1.54, 1.807) is 0 Å². The van der Waals surface area contributed by atoms with E-state index in [9.17, 15) is 4.57 Å².